The van der Waals surface area contributed by atoms with Crippen molar-refractivity contribution in [3.05, 3.63) is 11.5 Å². The minimum Gasteiger partial charge on any atom is -0.381 e. The second-order valence-corrected chi connectivity index (χ2v) is 4.46. The first kappa shape index (κ1) is 11.0. The molecule has 0 fully saturated rings. The van der Waals surface area contributed by atoms with Crippen LogP contribution < -0.4 is 5.73 Å². The zero-order chi connectivity index (χ0) is 10.9. The summed E-state index contributed by atoms with van der Waals surface area (Å²) >= 11 is 0. The van der Waals surface area contributed by atoms with E-state index in [0.717, 1.165) is 6.42 Å². The molecule has 0 amide bonds. The topological polar surface area (TPSA) is 43.8 Å². The molecule has 0 saturated heterocycles. The minimum absolute atomic E-state index is 0.0711. The zero-order valence-electron chi connectivity index (χ0n) is 9.26. The molecule has 14 heavy (non-hydrogen) atoms. The molecule has 3 nitrogen and oxygen atoms in total. The maximum Gasteiger partial charge on any atom is 0.188 e. The maximum absolute atomic E-state index is 13.5. The second kappa shape index (κ2) is 3.59. The van der Waals surface area contributed by atoms with Crippen molar-refractivity contribution in [2.45, 2.75) is 33.6 Å². The Labute approximate surface area is 84.1 Å². The molecule has 0 unspecified atom stereocenters. The van der Waals surface area contributed by atoms with E-state index in [0.29, 0.717) is 12.1 Å². The van der Waals surface area contributed by atoms with Crippen LogP contribution >= 0.6 is 0 Å². The Kier molecular flexibility index (Phi) is 2.83. The van der Waals surface area contributed by atoms with Crippen LogP contribution in [0.1, 0.15) is 32.9 Å². The van der Waals surface area contributed by atoms with E-state index in [2.05, 4.69) is 25.9 Å². The van der Waals surface area contributed by atoms with E-state index in [9.17, 15) is 4.39 Å². The highest BCUT2D eigenvalue weighted by Gasteiger charge is 2.22. The van der Waals surface area contributed by atoms with Gasteiger partial charge in [-0.15, -0.1) is 0 Å². The predicted octanol–water partition coefficient (Wildman–Crippen LogP) is 2.12. The van der Waals surface area contributed by atoms with Crippen molar-refractivity contribution in [2.75, 3.05) is 5.73 Å². The van der Waals surface area contributed by atoms with Crippen LogP contribution in [0.3, 0.4) is 0 Å². The van der Waals surface area contributed by atoms with Gasteiger partial charge in [0.25, 0.3) is 0 Å². The summed E-state index contributed by atoms with van der Waals surface area (Å²) in [6, 6.07) is 0. The number of aromatic nitrogens is 2. The van der Waals surface area contributed by atoms with Gasteiger partial charge in [0.05, 0.1) is 0 Å². The summed E-state index contributed by atoms with van der Waals surface area (Å²) in [5.41, 5.74) is 6.03. The van der Waals surface area contributed by atoms with Crippen molar-refractivity contribution < 1.29 is 4.39 Å². The highest BCUT2D eigenvalue weighted by molar-refractivity contribution is 5.33. The van der Waals surface area contributed by atoms with E-state index in [4.69, 9.17) is 5.73 Å². The van der Waals surface area contributed by atoms with Crippen LogP contribution in [0.2, 0.25) is 0 Å². The normalized spacial score (nSPS) is 12.1. The van der Waals surface area contributed by atoms with Crippen molar-refractivity contribution in [3.8, 4) is 0 Å². The highest BCUT2D eigenvalue weighted by Crippen LogP contribution is 2.27. The maximum atomic E-state index is 13.5. The standard InChI is InChI=1S/C10H18FN3/c1-5-10(2,3)6-7-8(11)9(12)14(4)13-7/h5-6,12H2,1-4H3. The summed E-state index contributed by atoms with van der Waals surface area (Å²) < 4.78 is 14.9. The molecule has 1 heterocycles. The molecular weight excluding hydrogens is 181 g/mol. The lowest BCUT2D eigenvalue weighted by Gasteiger charge is -2.20. The molecule has 0 radical (unpaired) electrons. The molecule has 0 spiro atoms. The molecule has 0 aromatic carbocycles. The number of hydrogen-bond acceptors (Lipinski definition) is 2. The molecule has 2 N–H and O–H groups in total. The molecule has 4 heteroatoms. The van der Waals surface area contributed by atoms with Gasteiger partial charge in [-0.05, 0) is 11.8 Å². The minimum atomic E-state index is -0.367. The molecule has 0 saturated carbocycles. The second-order valence-electron chi connectivity index (χ2n) is 4.46. The number of aryl methyl sites for hydroxylation is 1. The molecule has 0 aliphatic carbocycles. The summed E-state index contributed by atoms with van der Waals surface area (Å²) in [5.74, 6) is -0.249. The summed E-state index contributed by atoms with van der Waals surface area (Å²) in [6.07, 6.45) is 1.61. The Morgan fingerprint density at radius 3 is 2.43 bits per heavy atom. The van der Waals surface area contributed by atoms with Gasteiger partial charge in [0.15, 0.2) is 11.6 Å². The molecule has 0 aliphatic rings. The van der Waals surface area contributed by atoms with Gasteiger partial charge in [0.1, 0.15) is 5.69 Å². The van der Waals surface area contributed by atoms with Crippen LogP contribution in [-0.4, -0.2) is 9.78 Å². The summed E-state index contributed by atoms with van der Waals surface area (Å²) in [7, 11) is 1.65. The van der Waals surface area contributed by atoms with Crippen LogP contribution in [0.25, 0.3) is 0 Å². The lowest BCUT2D eigenvalue weighted by Crippen LogP contribution is -2.14. The predicted molar refractivity (Wildman–Crippen MR) is 55.4 cm³/mol. The number of halogens is 1. The largest absolute Gasteiger partial charge is 0.381 e. The number of nitrogen functional groups attached to an aromatic ring is 1. The first-order valence-electron chi connectivity index (χ1n) is 4.84. The molecule has 0 atom stereocenters. The third-order valence-electron chi connectivity index (χ3n) is 2.70. The van der Waals surface area contributed by atoms with Crippen molar-refractivity contribution >= 4 is 5.82 Å². The molecule has 0 bridgehead atoms. The first-order valence-corrected chi connectivity index (χ1v) is 4.84. The van der Waals surface area contributed by atoms with Crippen LogP contribution in [0.4, 0.5) is 10.2 Å². The zero-order valence-corrected chi connectivity index (χ0v) is 9.26. The van der Waals surface area contributed by atoms with E-state index in [-0.39, 0.29) is 17.1 Å². The fraction of sp³-hybridized carbons (Fsp3) is 0.700. The Balaban J connectivity index is 2.93. The third-order valence-corrected chi connectivity index (χ3v) is 2.70. The van der Waals surface area contributed by atoms with Crippen LogP contribution in [0.5, 0.6) is 0 Å². The van der Waals surface area contributed by atoms with Crippen molar-refractivity contribution in [1.82, 2.24) is 9.78 Å². The third kappa shape index (κ3) is 2.05. The fourth-order valence-electron chi connectivity index (χ4n) is 1.26. The van der Waals surface area contributed by atoms with Gasteiger partial charge in [0.2, 0.25) is 0 Å². The Morgan fingerprint density at radius 1 is 1.50 bits per heavy atom. The average Bonchev–Trinajstić information content (AvgIpc) is 2.33. The van der Waals surface area contributed by atoms with Crippen molar-refractivity contribution in [1.29, 1.82) is 0 Å². The quantitative estimate of drug-likeness (QED) is 0.810. The Morgan fingerprint density at radius 2 is 2.07 bits per heavy atom. The van der Waals surface area contributed by atoms with Crippen LogP contribution in [0, 0.1) is 11.2 Å². The summed E-state index contributed by atoms with van der Waals surface area (Å²) in [6.45, 7) is 6.28. The van der Waals surface area contributed by atoms with E-state index in [1.54, 1.807) is 7.05 Å². The summed E-state index contributed by atoms with van der Waals surface area (Å²) in [4.78, 5) is 0. The van der Waals surface area contributed by atoms with Gasteiger partial charge >= 0.3 is 0 Å². The van der Waals surface area contributed by atoms with E-state index in [1.165, 1.54) is 4.68 Å². The molecule has 80 valence electrons. The number of hydrogen-bond donors (Lipinski definition) is 1. The molecule has 1 rings (SSSR count). The van der Waals surface area contributed by atoms with Gasteiger partial charge in [-0.2, -0.15) is 5.10 Å². The Bertz CT molecular complexity index is 328. The fourth-order valence-corrected chi connectivity index (χ4v) is 1.26. The monoisotopic (exact) mass is 199 g/mol. The van der Waals surface area contributed by atoms with E-state index < -0.39 is 0 Å². The smallest absolute Gasteiger partial charge is 0.188 e. The Hall–Kier alpha value is -1.06. The van der Waals surface area contributed by atoms with Gasteiger partial charge in [0, 0.05) is 7.05 Å². The van der Waals surface area contributed by atoms with Crippen LogP contribution in [0.15, 0.2) is 0 Å². The SMILES string of the molecule is CCC(C)(C)Cc1nn(C)c(N)c1F. The van der Waals surface area contributed by atoms with Gasteiger partial charge in [-0.25, -0.2) is 4.39 Å². The average molecular weight is 199 g/mol. The lowest BCUT2D eigenvalue weighted by molar-refractivity contribution is 0.339. The molecule has 1 aromatic heterocycles. The van der Waals surface area contributed by atoms with E-state index >= 15 is 0 Å². The van der Waals surface area contributed by atoms with Gasteiger partial charge < -0.3 is 5.73 Å². The number of anilines is 1. The highest BCUT2D eigenvalue weighted by atomic mass is 19.1. The first-order chi connectivity index (χ1) is 6.37. The molecular formula is C10H18FN3. The molecule has 1 aromatic rings. The van der Waals surface area contributed by atoms with Crippen molar-refractivity contribution in [2.24, 2.45) is 12.5 Å². The number of rotatable bonds is 3. The lowest BCUT2D eigenvalue weighted by atomic mass is 9.85. The summed E-state index contributed by atoms with van der Waals surface area (Å²) in [5, 5.41) is 4.06. The van der Waals surface area contributed by atoms with Gasteiger partial charge in [-0.1, -0.05) is 27.2 Å². The van der Waals surface area contributed by atoms with Crippen LogP contribution in [-0.2, 0) is 13.5 Å². The number of nitrogens with two attached hydrogens (primary N) is 1. The number of nitrogens with zero attached hydrogens (tertiary/aromatic N) is 2. The molecule has 0 aliphatic heterocycles. The van der Waals surface area contributed by atoms with E-state index in [1.807, 2.05) is 0 Å². The van der Waals surface area contributed by atoms with Crippen molar-refractivity contribution in [3.63, 3.8) is 0 Å². The van der Waals surface area contributed by atoms with Gasteiger partial charge in [-0.3, -0.25) is 4.68 Å².